The molecule has 0 spiro atoms. The third-order valence-corrected chi connectivity index (χ3v) is 2.36. The zero-order valence-corrected chi connectivity index (χ0v) is 10.3. The summed E-state index contributed by atoms with van der Waals surface area (Å²) in [7, 11) is 1.59. The van der Waals surface area contributed by atoms with Crippen LogP contribution in [-0.4, -0.2) is 29.5 Å². The molecule has 0 aromatic heterocycles. The Bertz CT molecular complexity index is 425. The topological polar surface area (TPSA) is 58.4 Å². The number of thiocarbonyl (C=S) groups is 1. The van der Waals surface area contributed by atoms with Crippen molar-refractivity contribution in [2.24, 2.45) is 5.73 Å². The van der Waals surface area contributed by atoms with Crippen molar-refractivity contribution < 1.29 is 9.18 Å². The summed E-state index contributed by atoms with van der Waals surface area (Å²) in [5.74, 6) is -0.469. The van der Waals surface area contributed by atoms with Gasteiger partial charge in [-0.25, -0.2) is 9.18 Å². The minimum absolute atomic E-state index is 0.152. The second kappa shape index (κ2) is 6.15. The van der Waals surface area contributed by atoms with Crippen LogP contribution < -0.4 is 11.1 Å². The fraction of sp³-hybridized carbons (Fsp3) is 0.273. The summed E-state index contributed by atoms with van der Waals surface area (Å²) in [4.78, 5) is 13.4. The Kier molecular flexibility index (Phi) is 4.84. The largest absolute Gasteiger partial charge is 0.393 e. The number of rotatable bonds is 4. The minimum Gasteiger partial charge on any atom is -0.393 e. The summed E-state index contributed by atoms with van der Waals surface area (Å²) in [6.45, 7) is 0.398. The molecule has 0 radical (unpaired) electrons. The lowest BCUT2D eigenvalue weighted by Crippen LogP contribution is -2.33. The smallest absolute Gasteiger partial charge is 0.321 e. The number of benzene rings is 1. The maximum atomic E-state index is 13.3. The maximum absolute atomic E-state index is 13.3. The van der Waals surface area contributed by atoms with Crippen molar-refractivity contribution in [3.8, 4) is 0 Å². The monoisotopic (exact) mass is 255 g/mol. The summed E-state index contributed by atoms with van der Waals surface area (Å²) >= 11 is 4.71. The molecule has 0 aliphatic heterocycles. The second-order valence-corrected chi connectivity index (χ2v) is 4.07. The zero-order valence-electron chi connectivity index (χ0n) is 9.44. The number of carbonyl (C=O) groups excluding carboxylic acids is 1. The number of carbonyl (C=O) groups is 1. The van der Waals surface area contributed by atoms with E-state index in [-0.39, 0.29) is 5.69 Å². The van der Waals surface area contributed by atoms with Crippen molar-refractivity contribution >= 4 is 28.9 Å². The molecular formula is C11H14FN3OS. The Morgan fingerprint density at radius 2 is 2.18 bits per heavy atom. The second-order valence-electron chi connectivity index (χ2n) is 3.55. The first kappa shape index (κ1) is 13.4. The van der Waals surface area contributed by atoms with E-state index in [1.54, 1.807) is 19.2 Å². The highest BCUT2D eigenvalue weighted by molar-refractivity contribution is 7.80. The molecule has 1 aromatic carbocycles. The Hall–Kier alpha value is -1.69. The number of halogens is 1. The van der Waals surface area contributed by atoms with Gasteiger partial charge in [0.25, 0.3) is 0 Å². The summed E-state index contributed by atoms with van der Waals surface area (Å²) in [5.41, 5.74) is 5.48. The van der Waals surface area contributed by atoms with Crippen LogP contribution in [0.25, 0.3) is 0 Å². The van der Waals surface area contributed by atoms with E-state index in [4.69, 9.17) is 18.0 Å². The molecular weight excluding hydrogens is 241 g/mol. The Morgan fingerprint density at radius 1 is 1.53 bits per heavy atom. The van der Waals surface area contributed by atoms with Gasteiger partial charge in [-0.05, 0) is 12.1 Å². The van der Waals surface area contributed by atoms with Crippen LogP contribution in [0.2, 0.25) is 0 Å². The third-order valence-electron chi connectivity index (χ3n) is 2.16. The Balaban J connectivity index is 2.54. The van der Waals surface area contributed by atoms with E-state index in [9.17, 15) is 9.18 Å². The van der Waals surface area contributed by atoms with E-state index in [1.165, 1.54) is 17.0 Å². The number of amides is 2. The molecule has 3 N–H and O–H groups in total. The highest BCUT2D eigenvalue weighted by Crippen LogP contribution is 2.12. The standard InChI is InChI=1S/C11H14FN3OS/c1-15(7-6-10(13)17)11(16)14-9-5-3-2-4-8(9)12/h2-5H,6-7H2,1H3,(H2,13,17)(H,14,16). The molecule has 0 saturated carbocycles. The molecule has 0 aliphatic carbocycles. The lowest BCUT2D eigenvalue weighted by atomic mass is 10.3. The molecule has 4 nitrogen and oxygen atoms in total. The predicted molar refractivity (Wildman–Crippen MR) is 69.5 cm³/mol. The van der Waals surface area contributed by atoms with Gasteiger partial charge in [0, 0.05) is 20.0 Å². The van der Waals surface area contributed by atoms with Crippen molar-refractivity contribution in [2.75, 3.05) is 18.9 Å². The number of nitrogens with two attached hydrogens (primary N) is 1. The summed E-state index contributed by atoms with van der Waals surface area (Å²) in [6.07, 6.45) is 0.441. The lowest BCUT2D eigenvalue weighted by molar-refractivity contribution is 0.223. The van der Waals surface area contributed by atoms with Crippen molar-refractivity contribution in [1.82, 2.24) is 4.90 Å². The molecule has 0 heterocycles. The van der Waals surface area contributed by atoms with Crippen LogP contribution in [0, 0.1) is 5.82 Å². The first-order chi connectivity index (χ1) is 8.00. The number of anilines is 1. The predicted octanol–water partition coefficient (Wildman–Crippen LogP) is 1.97. The molecule has 92 valence electrons. The molecule has 0 bridgehead atoms. The molecule has 1 aromatic rings. The minimum atomic E-state index is -0.469. The van der Waals surface area contributed by atoms with Gasteiger partial charge in [-0.3, -0.25) is 0 Å². The van der Waals surface area contributed by atoms with Gasteiger partial charge in [0.2, 0.25) is 0 Å². The summed E-state index contributed by atoms with van der Waals surface area (Å²) in [5, 5.41) is 2.46. The molecule has 17 heavy (non-hydrogen) atoms. The van der Waals surface area contributed by atoms with E-state index in [0.717, 1.165) is 0 Å². The SMILES string of the molecule is CN(CCC(N)=S)C(=O)Nc1ccccc1F. The van der Waals surface area contributed by atoms with Gasteiger partial charge in [0.05, 0.1) is 10.7 Å². The van der Waals surface area contributed by atoms with E-state index >= 15 is 0 Å². The van der Waals surface area contributed by atoms with Gasteiger partial charge in [0.15, 0.2) is 0 Å². The average Bonchev–Trinajstić information content (AvgIpc) is 2.28. The average molecular weight is 255 g/mol. The number of urea groups is 1. The first-order valence-electron chi connectivity index (χ1n) is 5.05. The molecule has 0 aliphatic rings. The van der Waals surface area contributed by atoms with E-state index in [0.29, 0.717) is 18.0 Å². The molecule has 0 fully saturated rings. The van der Waals surface area contributed by atoms with Crippen LogP contribution >= 0.6 is 12.2 Å². The van der Waals surface area contributed by atoms with Crippen LogP contribution in [0.1, 0.15) is 6.42 Å². The van der Waals surface area contributed by atoms with E-state index < -0.39 is 11.8 Å². The van der Waals surface area contributed by atoms with Crippen LogP contribution in [0.5, 0.6) is 0 Å². The quantitative estimate of drug-likeness (QED) is 0.809. The van der Waals surface area contributed by atoms with Gasteiger partial charge in [-0.15, -0.1) is 0 Å². The van der Waals surface area contributed by atoms with Crippen LogP contribution in [0.15, 0.2) is 24.3 Å². The fourth-order valence-electron chi connectivity index (χ4n) is 1.15. The molecule has 6 heteroatoms. The van der Waals surface area contributed by atoms with Gasteiger partial charge < -0.3 is 16.0 Å². The highest BCUT2D eigenvalue weighted by atomic mass is 32.1. The molecule has 0 saturated heterocycles. The van der Waals surface area contributed by atoms with E-state index in [2.05, 4.69) is 5.32 Å². The number of nitrogens with one attached hydrogen (secondary N) is 1. The van der Waals surface area contributed by atoms with Crippen LogP contribution in [0.3, 0.4) is 0 Å². The van der Waals surface area contributed by atoms with Crippen molar-refractivity contribution in [1.29, 1.82) is 0 Å². The van der Waals surface area contributed by atoms with Gasteiger partial charge in [-0.2, -0.15) is 0 Å². The molecule has 1 rings (SSSR count). The van der Waals surface area contributed by atoms with Crippen molar-refractivity contribution in [2.45, 2.75) is 6.42 Å². The molecule has 2 amide bonds. The van der Waals surface area contributed by atoms with Crippen LogP contribution in [0.4, 0.5) is 14.9 Å². The van der Waals surface area contributed by atoms with Gasteiger partial charge in [0.1, 0.15) is 5.82 Å². The number of hydrogen-bond acceptors (Lipinski definition) is 2. The Morgan fingerprint density at radius 3 is 2.76 bits per heavy atom. The van der Waals surface area contributed by atoms with Gasteiger partial charge in [-0.1, -0.05) is 24.4 Å². The normalized spacial score (nSPS) is 9.76. The number of para-hydroxylation sites is 1. The first-order valence-corrected chi connectivity index (χ1v) is 5.46. The zero-order chi connectivity index (χ0) is 12.8. The highest BCUT2D eigenvalue weighted by Gasteiger charge is 2.10. The number of hydrogen-bond donors (Lipinski definition) is 2. The fourth-order valence-corrected chi connectivity index (χ4v) is 1.24. The maximum Gasteiger partial charge on any atom is 0.321 e. The van der Waals surface area contributed by atoms with Gasteiger partial charge >= 0.3 is 6.03 Å². The summed E-state index contributed by atoms with van der Waals surface area (Å²) < 4.78 is 13.3. The number of nitrogens with zero attached hydrogens (tertiary/aromatic N) is 1. The van der Waals surface area contributed by atoms with Crippen molar-refractivity contribution in [3.05, 3.63) is 30.1 Å². The van der Waals surface area contributed by atoms with E-state index in [1.807, 2.05) is 0 Å². The van der Waals surface area contributed by atoms with Crippen molar-refractivity contribution in [3.63, 3.8) is 0 Å². The van der Waals surface area contributed by atoms with Crippen LogP contribution in [-0.2, 0) is 0 Å². The summed E-state index contributed by atoms with van der Waals surface area (Å²) in [6, 6.07) is 5.58. The third kappa shape index (κ3) is 4.36. The molecule has 0 unspecified atom stereocenters. The lowest BCUT2D eigenvalue weighted by Gasteiger charge is -2.17. The molecule has 0 atom stereocenters. The Labute approximate surface area is 105 Å².